The van der Waals surface area contributed by atoms with Crippen molar-refractivity contribution >= 4 is 29.3 Å². The zero-order chi connectivity index (χ0) is 13.9. The fraction of sp³-hybridized carbons (Fsp3) is 0.375. The van der Waals surface area contributed by atoms with Crippen molar-refractivity contribution in [1.29, 1.82) is 0 Å². The lowest BCUT2D eigenvalue weighted by atomic mass is 10.1. The summed E-state index contributed by atoms with van der Waals surface area (Å²) >= 11 is 4.29. The maximum absolute atomic E-state index is 11.9. The van der Waals surface area contributed by atoms with E-state index in [-0.39, 0.29) is 5.91 Å². The first-order valence-corrected chi connectivity index (χ1v) is 7.62. The van der Waals surface area contributed by atoms with E-state index in [2.05, 4.69) is 29.7 Å². The molecule has 2 aromatic rings. The predicted octanol–water partition coefficient (Wildman–Crippen LogP) is 2.56. The van der Waals surface area contributed by atoms with Crippen molar-refractivity contribution in [1.82, 2.24) is 9.88 Å². The highest BCUT2D eigenvalue weighted by atomic mass is 32.1. The normalized spacial score (nSPS) is 18.9. The van der Waals surface area contributed by atoms with Gasteiger partial charge in [0.15, 0.2) is 0 Å². The van der Waals surface area contributed by atoms with Gasteiger partial charge in [0.2, 0.25) is 5.91 Å². The number of hydrogen-bond donors (Lipinski definition) is 1. The van der Waals surface area contributed by atoms with Gasteiger partial charge in [-0.15, -0.1) is 0 Å². The van der Waals surface area contributed by atoms with Crippen molar-refractivity contribution in [3.8, 4) is 0 Å². The smallest absolute Gasteiger partial charge is 0.222 e. The monoisotopic (exact) mass is 286 g/mol. The zero-order valence-corrected chi connectivity index (χ0v) is 12.2. The van der Waals surface area contributed by atoms with Crippen LogP contribution in [0.3, 0.4) is 0 Å². The molecule has 20 heavy (non-hydrogen) atoms. The van der Waals surface area contributed by atoms with Gasteiger partial charge in [-0.3, -0.25) is 9.78 Å². The van der Waals surface area contributed by atoms with Crippen molar-refractivity contribution < 1.29 is 4.79 Å². The van der Waals surface area contributed by atoms with Crippen LogP contribution in [0.15, 0.2) is 36.5 Å². The molecule has 4 heteroatoms. The summed E-state index contributed by atoms with van der Waals surface area (Å²) in [5, 5.41) is 2.39. The molecule has 3 rings (SSSR count). The molecule has 104 valence electrons. The van der Waals surface area contributed by atoms with E-state index in [0.717, 1.165) is 31.0 Å². The minimum absolute atomic E-state index is 0.254. The van der Waals surface area contributed by atoms with Crippen molar-refractivity contribution in [2.24, 2.45) is 5.92 Å². The summed E-state index contributed by atoms with van der Waals surface area (Å²) in [6.45, 7) is 1.59. The van der Waals surface area contributed by atoms with Gasteiger partial charge in [-0.1, -0.05) is 24.3 Å². The standard InChI is InChI=1S/C16H18N2OS/c19-16-9-12(11-20)10-18(16)8-6-15-14-4-2-1-3-13(14)5-7-17-15/h1-5,7,12,20H,6,8-11H2. The second-order valence-corrected chi connectivity index (χ2v) is 5.69. The Hall–Kier alpha value is -1.55. The largest absolute Gasteiger partial charge is 0.342 e. The molecule has 1 aliphatic heterocycles. The van der Waals surface area contributed by atoms with Crippen LogP contribution in [-0.4, -0.2) is 34.6 Å². The molecule has 3 nitrogen and oxygen atoms in total. The summed E-state index contributed by atoms with van der Waals surface area (Å²) in [5.41, 5.74) is 1.07. The molecule has 2 heterocycles. The number of carbonyl (C=O) groups is 1. The number of aromatic nitrogens is 1. The van der Waals surface area contributed by atoms with Crippen LogP contribution in [0.1, 0.15) is 12.1 Å². The minimum atomic E-state index is 0.254. The summed E-state index contributed by atoms with van der Waals surface area (Å²) in [6.07, 6.45) is 3.30. The van der Waals surface area contributed by atoms with Crippen LogP contribution in [0.4, 0.5) is 0 Å². The summed E-state index contributed by atoms with van der Waals surface area (Å²) in [4.78, 5) is 18.3. The Morgan fingerprint density at radius 2 is 2.15 bits per heavy atom. The van der Waals surface area contributed by atoms with E-state index in [9.17, 15) is 4.79 Å². The van der Waals surface area contributed by atoms with Gasteiger partial charge in [0.05, 0.1) is 0 Å². The summed E-state index contributed by atoms with van der Waals surface area (Å²) < 4.78 is 0. The van der Waals surface area contributed by atoms with Gasteiger partial charge in [-0.2, -0.15) is 12.6 Å². The number of fused-ring (bicyclic) bond motifs is 1. The van der Waals surface area contributed by atoms with Crippen LogP contribution in [0, 0.1) is 5.92 Å². The third-order valence-corrected chi connectivity index (χ3v) is 4.44. The number of hydrogen-bond acceptors (Lipinski definition) is 3. The fourth-order valence-corrected chi connectivity index (χ4v) is 3.06. The Kier molecular flexibility index (Phi) is 3.92. The third-order valence-electron chi connectivity index (χ3n) is 3.93. The Morgan fingerprint density at radius 1 is 1.30 bits per heavy atom. The molecule has 1 aliphatic rings. The lowest BCUT2D eigenvalue weighted by molar-refractivity contribution is -0.127. The molecule has 1 saturated heterocycles. The summed E-state index contributed by atoms with van der Waals surface area (Å²) in [5.74, 6) is 1.45. The zero-order valence-electron chi connectivity index (χ0n) is 11.3. The molecule has 1 amide bonds. The number of nitrogens with zero attached hydrogens (tertiary/aromatic N) is 2. The van der Waals surface area contributed by atoms with E-state index in [1.54, 1.807) is 0 Å². The SMILES string of the molecule is O=C1CC(CS)CN1CCc1nccc2ccccc12. The molecule has 0 saturated carbocycles. The van der Waals surface area contributed by atoms with Gasteiger partial charge in [0, 0.05) is 43.2 Å². The van der Waals surface area contributed by atoms with Gasteiger partial charge in [0.1, 0.15) is 0 Å². The van der Waals surface area contributed by atoms with E-state index >= 15 is 0 Å². The van der Waals surface area contributed by atoms with Crippen LogP contribution in [-0.2, 0) is 11.2 Å². The van der Waals surface area contributed by atoms with Gasteiger partial charge in [-0.25, -0.2) is 0 Å². The number of thiol groups is 1. The van der Waals surface area contributed by atoms with E-state index < -0.39 is 0 Å². The highest BCUT2D eigenvalue weighted by Crippen LogP contribution is 2.21. The van der Waals surface area contributed by atoms with E-state index in [1.165, 1.54) is 10.8 Å². The first kappa shape index (κ1) is 13.4. The molecular weight excluding hydrogens is 268 g/mol. The second-order valence-electron chi connectivity index (χ2n) is 5.32. The molecule has 0 bridgehead atoms. The van der Waals surface area contributed by atoms with Crippen molar-refractivity contribution in [2.75, 3.05) is 18.8 Å². The Balaban J connectivity index is 1.73. The number of pyridine rings is 1. The molecule has 0 aliphatic carbocycles. The van der Waals surface area contributed by atoms with Crippen LogP contribution in [0.5, 0.6) is 0 Å². The highest BCUT2D eigenvalue weighted by Gasteiger charge is 2.28. The van der Waals surface area contributed by atoms with Crippen molar-refractivity contribution in [3.05, 3.63) is 42.2 Å². The Bertz CT molecular complexity index is 623. The minimum Gasteiger partial charge on any atom is -0.342 e. The van der Waals surface area contributed by atoms with E-state index in [0.29, 0.717) is 12.3 Å². The molecule has 1 atom stereocenters. The van der Waals surface area contributed by atoms with Gasteiger partial charge >= 0.3 is 0 Å². The number of likely N-dealkylation sites (tertiary alicyclic amines) is 1. The molecule has 0 radical (unpaired) electrons. The van der Waals surface area contributed by atoms with E-state index in [1.807, 2.05) is 29.3 Å². The lowest BCUT2D eigenvalue weighted by Crippen LogP contribution is -2.28. The predicted molar refractivity (Wildman–Crippen MR) is 84.0 cm³/mol. The average molecular weight is 286 g/mol. The Morgan fingerprint density at radius 3 is 2.95 bits per heavy atom. The quantitative estimate of drug-likeness (QED) is 0.876. The Labute approximate surface area is 124 Å². The maximum Gasteiger partial charge on any atom is 0.222 e. The lowest BCUT2D eigenvalue weighted by Gasteiger charge is -2.16. The molecule has 1 fully saturated rings. The highest BCUT2D eigenvalue weighted by molar-refractivity contribution is 7.80. The number of benzene rings is 1. The number of rotatable bonds is 4. The molecule has 0 N–H and O–H groups in total. The molecule has 0 spiro atoms. The average Bonchev–Trinajstić information content (AvgIpc) is 2.85. The van der Waals surface area contributed by atoms with Gasteiger partial charge < -0.3 is 4.90 Å². The maximum atomic E-state index is 11.9. The molecule has 1 aromatic heterocycles. The van der Waals surface area contributed by atoms with Crippen LogP contribution in [0.2, 0.25) is 0 Å². The summed E-state index contributed by atoms with van der Waals surface area (Å²) in [6, 6.07) is 10.3. The second kappa shape index (κ2) is 5.83. The number of carbonyl (C=O) groups excluding carboxylic acids is 1. The molecule has 1 unspecified atom stereocenters. The van der Waals surface area contributed by atoms with Crippen LogP contribution in [0.25, 0.3) is 10.8 Å². The van der Waals surface area contributed by atoms with E-state index in [4.69, 9.17) is 0 Å². The van der Waals surface area contributed by atoms with Gasteiger partial charge in [0.25, 0.3) is 0 Å². The fourth-order valence-electron chi connectivity index (χ4n) is 2.81. The van der Waals surface area contributed by atoms with Gasteiger partial charge in [-0.05, 0) is 23.1 Å². The summed E-state index contributed by atoms with van der Waals surface area (Å²) in [7, 11) is 0. The van der Waals surface area contributed by atoms with Crippen molar-refractivity contribution in [3.63, 3.8) is 0 Å². The number of amides is 1. The first-order valence-electron chi connectivity index (χ1n) is 6.99. The van der Waals surface area contributed by atoms with Crippen molar-refractivity contribution in [2.45, 2.75) is 12.8 Å². The van der Waals surface area contributed by atoms with Crippen LogP contribution < -0.4 is 0 Å². The topological polar surface area (TPSA) is 33.2 Å². The molecular formula is C16H18N2OS. The molecule has 1 aromatic carbocycles. The third kappa shape index (κ3) is 2.66. The van der Waals surface area contributed by atoms with Crippen LogP contribution >= 0.6 is 12.6 Å². The first-order chi connectivity index (χ1) is 9.78.